The molecule has 7 nitrogen and oxygen atoms in total. The normalized spacial score (nSPS) is 11.9. The van der Waals surface area contributed by atoms with Crippen molar-refractivity contribution >= 4 is 23.9 Å². The van der Waals surface area contributed by atoms with E-state index in [0.29, 0.717) is 12.3 Å². The number of carbonyl (C=O) groups is 3. The molecule has 28 heavy (non-hydrogen) atoms. The van der Waals surface area contributed by atoms with Crippen LogP contribution in [0.2, 0.25) is 0 Å². The van der Waals surface area contributed by atoms with Gasteiger partial charge in [-0.3, -0.25) is 14.4 Å². The number of nitrogens with one attached hydrogen (secondary N) is 1. The van der Waals surface area contributed by atoms with Gasteiger partial charge in [0.25, 0.3) is 0 Å². The molecule has 2 aromatic rings. The van der Waals surface area contributed by atoms with Crippen LogP contribution in [0.15, 0.2) is 59.2 Å². The molecule has 1 atom stereocenters. The van der Waals surface area contributed by atoms with Crippen molar-refractivity contribution in [3.63, 3.8) is 0 Å². The van der Waals surface area contributed by atoms with Crippen molar-refractivity contribution < 1.29 is 23.9 Å². The number of carboxylic acids is 1. The number of rotatable bonds is 10. The molecule has 0 aliphatic rings. The van der Waals surface area contributed by atoms with Crippen molar-refractivity contribution in [2.45, 2.75) is 19.9 Å². The highest BCUT2D eigenvalue weighted by atomic mass is 16.4. The van der Waals surface area contributed by atoms with Gasteiger partial charge in [0.05, 0.1) is 12.2 Å². The SMILES string of the molecule is CC(CN(Cc1ccccc1)C(=O)CCNC(=O)/C=C/c1ccco1)C(=O)O. The molecule has 1 heterocycles. The molecule has 1 unspecified atom stereocenters. The van der Waals surface area contributed by atoms with Crippen LogP contribution in [-0.4, -0.2) is 40.9 Å². The fourth-order valence-corrected chi connectivity index (χ4v) is 2.52. The maximum atomic E-state index is 12.6. The van der Waals surface area contributed by atoms with Crippen LogP contribution in [0.4, 0.5) is 0 Å². The first-order chi connectivity index (χ1) is 13.5. The van der Waals surface area contributed by atoms with Crippen LogP contribution >= 0.6 is 0 Å². The van der Waals surface area contributed by atoms with Crippen LogP contribution in [0, 0.1) is 5.92 Å². The van der Waals surface area contributed by atoms with Gasteiger partial charge < -0.3 is 19.7 Å². The molecular formula is C21H24N2O5. The first kappa shape index (κ1) is 21.0. The molecule has 0 spiro atoms. The number of nitrogens with zero attached hydrogens (tertiary/aromatic N) is 1. The zero-order chi connectivity index (χ0) is 20.4. The number of benzene rings is 1. The highest BCUT2D eigenvalue weighted by Crippen LogP contribution is 2.10. The van der Waals surface area contributed by atoms with E-state index in [1.807, 2.05) is 30.3 Å². The summed E-state index contributed by atoms with van der Waals surface area (Å²) in [5.74, 6) is -1.63. The molecule has 148 valence electrons. The zero-order valence-electron chi connectivity index (χ0n) is 15.7. The molecule has 2 N–H and O–H groups in total. The predicted molar refractivity (Wildman–Crippen MR) is 104 cm³/mol. The van der Waals surface area contributed by atoms with Crippen LogP contribution in [-0.2, 0) is 20.9 Å². The van der Waals surface area contributed by atoms with Gasteiger partial charge in [-0.05, 0) is 23.8 Å². The topological polar surface area (TPSA) is 99.9 Å². The molecule has 0 aliphatic carbocycles. The lowest BCUT2D eigenvalue weighted by molar-refractivity contribution is -0.143. The van der Waals surface area contributed by atoms with E-state index in [0.717, 1.165) is 5.56 Å². The predicted octanol–water partition coefficient (Wildman–Crippen LogP) is 2.55. The lowest BCUT2D eigenvalue weighted by Gasteiger charge is -2.25. The van der Waals surface area contributed by atoms with Gasteiger partial charge in [0.1, 0.15) is 5.76 Å². The lowest BCUT2D eigenvalue weighted by atomic mass is 10.1. The Bertz CT molecular complexity index is 799. The molecule has 2 amide bonds. The smallest absolute Gasteiger partial charge is 0.308 e. The van der Waals surface area contributed by atoms with Gasteiger partial charge in [0.15, 0.2) is 0 Å². The van der Waals surface area contributed by atoms with Crippen molar-refractivity contribution in [2.24, 2.45) is 5.92 Å². The average Bonchev–Trinajstić information content (AvgIpc) is 3.20. The van der Waals surface area contributed by atoms with Crippen LogP contribution in [0.25, 0.3) is 6.08 Å². The fourth-order valence-electron chi connectivity index (χ4n) is 2.52. The largest absolute Gasteiger partial charge is 0.481 e. The second kappa shape index (κ2) is 10.7. The summed E-state index contributed by atoms with van der Waals surface area (Å²) < 4.78 is 5.10. The van der Waals surface area contributed by atoms with Gasteiger partial charge in [-0.2, -0.15) is 0 Å². The Morgan fingerprint density at radius 3 is 2.57 bits per heavy atom. The number of amides is 2. The maximum absolute atomic E-state index is 12.6. The van der Waals surface area contributed by atoms with Gasteiger partial charge in [-0.15, -0.1) is 0 Å². The van der Waals surface area contributed by atoms with E-state index in [-0.39, 0.29) is 31.3 Å². The van der Waals surface area contributed by atoms with E-state index in [1.54, 1.807) is 19.1 Å². The third-order valence-corrected chi connectivity index (χ3v) is 4.07. The Hall–Kier alpha value is -3.35. The molecule has 2 rings (SSSR count). The first-order valence-electron chi connectivity index (χ1n) is 8.99. The minimum absolute atomic E-state index is 0.0828. The Labute approximate surface area is 163 Å². The number of furan rings is 1. The van der Waals surface area contributed by atoms with Crippen molar-refractivity contribution in [3.8, 4) is 0 Å². The second-order valence-corrected chi connectivity index (χ2v) is 6.39. The Morgan fingerprint density at radius 2 is 1.93 bits per heavy atom. The zero-order valence-corrected chi connectivity index (χ0v) is 15.7. The van der Waals surface area contributed by atoms with Crippen LogP contribution in [0.3, 0.4) is 0 Å². The third kappa shape index (κ3) is 7.11. The summed E-state index contributed by atoms with van der Waals surface area (Å²) in [5, 5.41) is 11.8. The van der Waals surface area contributed by atoms with Crippen molar-refractivity contribution in [2.75, 3.05) is 13.1 Å². The fraction of sp³-hybridized carbons (Fsp3) is 0.286. The molecule has 0 saturated heterocycles. The van der Waals surface area contributed by atoms with Gasteiger partial charge in [-0.1, -0.05) is 37.3 Å². The first-order valence-corrected chi connectivity index (χ1v) is 8.99. The molecule has 0 aliphatic heterocycles. The molecule has 1 aromatic heterocycles. The Balaban J connectivity index is 1.88. The monoisotopic (exact) mass is 384 g/mol. The summed E-state index contributed by atoms with van der Waals surface area (Å²) in [6, 6.07) is 12.8. The van der Waals surface area contributed by atoms with E-state index in [4.69, 9.17) is 9.52 Å². The summed E-state index contributed by atoms with van der Waals surface area (Å²) in [6.45, 7) is 2.15. The highest BCUT2D eigenvalue weighted by molar-refractivity contribution is 5.91. The number of hydrogen-bond acceptors (Lipinski definition) is 4. The molecule has 1 aromatic carbocycles. The average molecular weight is 384 g/mol. The maximum Gasteiger partial charge on any atom is 0.308 e. The third-order valence-electron chi connectivity index (χ3n) is 4.07. The summed E-state index contributed by atoms with van der Waals surface area (Å²) >= 11 is 0. The highest BCUT2D eigenvalue weighted by Gasteiger charge is 2.20. The standard InChI is InChI=1S/C21H24N2O5/c1-16(21(26)27)14-23(15-17-6-3-2-4-7-17)20(25)11-12-22-19(24)10-9-18-8-5-13-28-18/h2-10,13,16H,11-12,14-15H2,1H3,(H,22,24)(H,26,27)/b10-9+. The van der Waals surface area contributed by atoms with Crippen LogP contribution in [0.5, 0.6) is 0 Å². The van der Waals surface area contributed by atoms with E-state index in [2.05, 4.69) is 5.32 Å². The molecule has 0 fully saturated rings. The van der Waals surface area contributed by atoms with Crippen molar-refractivity contribution in [1.29, 1.82) is 0 Å². The Kier molecular flexibility index (Phi) is 8.02. The van der Waals surface area contributed by atoms with E-state index >= 15 is 0 Å². The molecule has 0 saturated carbocycles. The number of carbonyl (C=O) groups excluding carboxylic acids is 2. The van der Waals surface area contributed by atoms with Gasteiger partial charge in [-0.25, -0.2) is 0 Å². The molecule has 0 bridgehead atoms. The minimum atomic E-state index is -0.956. The van der Waals surface area contributed by atoms with Crippen molar-refractivity contribution in [1.82, 2.24) is 10.2 Å². The van der Waals surface area contributed by atoms with Gasteiger partial charge in [0, 0.05) is 32.1 Å². The summed E-state index contributed by atoms with van der Waals surface area (Å²) in [5.41, 5.74) is 0.916. The van der Waals surface area contributed by atoms with Crippen LogP contribution in [0.1, 0.15) is 24.7 Å². The molecule has 0 radical (unpaired) electrons. The van der Waals surface area contributed by atoms with Crippen LogP contribution < -0.4 is 5.32 Å². The van der Waals surface area contributed by atoms with Gasteiger partial charge >= 0.3 is 5.97 Å². The molecular weight excluding hydrogens is 360 g/mol. The summed E-state index contributed by atoms with van der Waals surface area (Å²) in [4.78, 5) is 37.1. The van der Waals surface area contributed by atoms with E-state index in [9.17, 15) is 14.4 Å². The second-order valence-electron chi connectivity index (χ2n) is 6.39. The lowest BCUT2D eigenvalue weighted by Crippen LogP contribution is -2.38. The summed E-state index contributed by atoms with van der Waals surface area (Å²) in [7, 11) is 0. The number of aliphatic carboxylic acids is 1. The summed E-state index contributed by atoms with van der Waals surface area (Å²) in [6.07, 6.45) is 4.46. The Morgan fingerprint density at radius 1 is 1.18 bits per heavy atom. The number of hydrogen-bond donors (Lipinski definition) is 2. The quantitative estimate of drug-likeness (QED) is 0.613. The van der Waals surface area contributed by atoms with E-state index < -0.39 is 11.9 Å². The van der Waals surface area contributed by atoms with Gasteiger partial charge in [0.2, 0.25) is 11.8 Å². The minimum Gasteiger partial charge on any atom is -0.481 e. The van der Waals surface area contributed by atoms with E-state index in [1.165, 1.54) is 23.3 Å². The molecule has 7 heteroatoms. The van der Waals surface area contributed by atoms with Crippen molar-refractivity contribution in [3.05, 3.63) is 66.1 Å². The number of carboxylic acid groups (broad SMARTS) is 1.